The number of halogens is 1. The van der Waals surface area contributed by atoms with Gasteiger partial charge in [0.05, 0.1) is 6.54 Å². The molecule has 1 atom stereocenters. The molecular weight excluding hydrogens is 416 g/mol. The van der Waals surface area contributed by atoms with Gasteiger partial charge >= 0.3 is 6.03 Å². The second-order valence-electron chi connectivity index (χ2n) is 6.45. The summed E-state index contributed by atoms with van der Waals surface area (Å²) in [7, 11) is 0. The number of hydrogen-bond acceptors (Lipinski definition) is 5. The predicted octanol–water partition coefficient (Wildman–Crippen LogP) is 2.83. The fraction of sp³-hybridized carbons (Fsp3) is 0.211. The molecule has 27 heavy (non-hydrogen) atoms. The van der Waals surface area contributed by atoms with Gasteiger partial charge in [0.15, 0.2) is 17.3 Å². The van der Waals surface area contributed by atoms with Crippen LogP contribution in [0.1, 0.15) is 22.8 Å². The number of Topliss-reactive ketones (excluding diaryl/α,β-unsaturated/α-hetero) is 1. The number of rotatable bonds is 4. The first-order chi connectivity index (χ1) is 12.9. The number of carbonyl (C=O) groups excluding carboxylic acids is 3. The highest BCUT2D eigenvalue weighted by atomic mass is 79.9. The highest BCUT2D eigenvalue weighted by Crippen LogP contribution is 2.33. The van der Waals surface area contributed by atoms with Crippen LogP contribution in [-0.4, -0.2) is 36.0 Å². The smallest absolute Gasteiger partial charge is 0.325 e. The van der Waals surface area contributed by atoms with E-state index >= 15 is 0 Å². The fourth-order valence-corrected chi connectivity index (χ4v) is 3.54. The van der Waals surface area contributed by atoms with Crippen molar-refractivity contribution in [2.24, 2.45) is 0 Å². The van der Waals surface area contributed by atoms with Gasteiger partial charge in [-0.05, 0) is 42.8 Å². The van der Waals surface area contributed by atoms with E-state index in [0.717, 1.165) is 9.37 Å². The first-order valence-electron chi connectivity index (χ1n) is 8.21. The van der Waals surface area contributed by atoms with Crippen LogP contribution in [0.5, 0.6) is 11.5 Å². The number of fused-ring (bicyclic) bond motifs is 1. The van der Waals surface area contributed by atoms with Crippen molar-refractivity contribution in [3.05, 3.63) is 58.1 Å². The van der Waals surface area contributed by atoms with E-state index in [1.807, 2.05) is 6.07 Å². The van der Waals surface area contributed by atoms with Gasteiger partial charge in [-0.15, -0.1) is 0 Å². The van der Waals surface area contributed by atoms with Gasteiger partial charge in [0.1, 0.15) is 5.54 Å². The van der Waals surface area contributed by atoms with E-state index in [1.54, 1.807) is 43.3 Å². The summed E-state index contributed by atoms with van der Waals surface area (Å²) in [6, 6.07) is 11.3. The van der Waals surface area contributed by atoms with E-state index in [4.69, 9.17) is 9.47 Å². The summed E-state index contributed by atoms with van der Waals surface area (Å²) in [4.78, 5) is 38.9. The quantitative estimate of drug-likeness (QED) is 0.595. The van der Waals surface area contributed by atoms with Crippen molar-refractivity contribution in [2.75, 3.05) is 13.3 Å². The molecule has 0 spiro atoms. The van der Waals surface area contributed by atoms with E-state index in [0.29, 0.717) is 22.6 Å². The van der Waals surface area contributed by atoms with Gasteiger partial charge in [0, 0.05) is 10.0 Å². The molecule has 3 amide bonds. The zero-order chi connectivity index (χ0) is 19.2. The van der Waals surface area contributed by atoms with Crippen LogP contribution < -0.4 is 14.8 Å². The van der Waals surface area contributed by atoms with Crippen LogP contribution in [0.2, 0.25) is 0 Å². The lowest BCUT2D eigenvalue weighted by atomic mass is 9.92. The zero-order valence-corrected chi connectivity index (χ0v) is 15.9. The third-order valence-corrected chi connectivity index (χ3v) is 5.17. The molecular formula is C19H15BrN2O5. The largest absolute Gasteiger partial charge is 0.454 e. The molecule has 138 valence electrons. The number of urea groups is 1. The SMILES string of the molecule is C[C@@]1(c2cccc(Br)c2)NC(=O)N(CC(=O)c2ccc3c(c2)OCO3)C1=O. The molecule has 2 heterocycles. The number of ketones is 1. The molecule has 1 saturated heterocycles. The molecule has 0 unspecified atom stereocenters. The molecule has 0 aliphatic carbocycles. The maximum Gasteiger partial charge on any atom is 0.325 e. The third kappa shape index (κ3) is 2.95. The summed E-state index contributed by atoms with van der Waals surface area (Å²) in [5.74, 6) is 0.191. The van der Waals surface area contributed by atoms with Crippen LogP contribution in [0.15, 0.2) is 46.9 Å². The number of amides is 3. The van der Waals surface area contributed by atoms with Crippen molar-refractivity contribution in [3.63, 3.8) is 0 Å². The summed E-state index contributed by atoms with van der Waals surface area (Å²) in [5.41, 5.74) is -0.250. The van der Waals surface area contributed by atoms with Crippen molar-refractivity contribution in [2.45, 2.75) is 12.5 Å². The Bertz CT molecular complexity index is 976. The number of hydrogen-bond donors (Lipinski definition) is 1. The Hall–Kier alpha value is -2.87. The minimum absolute atomic E-state index is 0.102. The molecule has 2 aromatic carbocycles. The molecule has 2 aliphatic heterocycles. The molecule has 0 aromatic heterocycles. The molecule has 2 aliphatic rings. The van der Waals surface area contributed by atoms with Crippen molar-refractivity contribution >= 4 is 33.7 Å². The Kier molecular flexibility index (Phi) is 4.15. The van der Waals surface area contributed by atoms with Gasteiger partial charge in [-0.2, -0.15) is 0 Å². The maximum atomic E-state index is 12.9. The minimum Gasteiger partial charge on any atom is -0.454 e. The molecule has 0 bridgehead atoms. The van der Waals surface area contributed by atoms with E-state index < -0.39 is 17.5 Å². The summed E-state index contributed by atoms with van der Waals surface area (Å²) >= 11 is 3.37. The Morgan fingerprint density at radius 1 is 1.19 bits per heavy atom. The summed E-state index contributed by atoms with van der Waals surface area (Å²) in [6.07, 6.45) is 0. The third-order valence-electron chi connectivity index (χ3n) is 4.67. The standard InChI is InChI=1S/C19H15BrN2O5/c1-19(12-3-2-4-13(20)8-12)17(24)22(18(25)21-19)9-14(23)11-5-6-15-16(7-11)27-10-26-15/h2-8H,9-10H2,1H3,(H,21,25)/t19-/m0/s1. The topological polar surface area (TPSA) is 84.9 Å². The van der Waals surface area contributed by atoms with Gasteiger partial charge in [-0.3, -0.25) is 14.5 Å². The van der Waals surface area contributed by atoms with E-state index in [-0.39, 0.29) is 19.1 Å². The molecule has 0 radical (unpaired) electrons. The van der Waals surface area contributed by atoms with Gasteiger partial charge in [0.25, 0.3) is 5.91 Å². The summed E-state index contributed by atoms with van der Waals surface area (Å²) in [6.45, 7) is 1.37. The van der Waals surface area contributed by atoms with Crippen LogP contribution in [-0.2, 0) is 10.3 Å². The monoisotopic (exact) mass is 430 g/mol. The first kappa shape index (κ1) is 17.5. The number of nitrogens with zero attached hydrogens (tertiary/aromatic N) is 1. The average Bonchev–Trinajstić information content (AvgIpc) is 3.20. The Labute approximate surface area is 163 Å². The van der Waals surface area contributed by atoms with Gasteiger partial charge in [-0.25, -0.2) is 4.79 Å². The van der Waals surface area contributed by atoms with E-state index in [2.05, 4.69) is 21.2 Å². The van der Waals surface area contributed by atoms with Crippen molar-refractivity contribution in [1.82, 2.24) is 10.2 Å². The van der Waals surface area contributed by atoms with Crippen LogP contribution >= 0.6 is 15.9 Å². The molecule has 7 nitrogen and oxygen atoms in total. The lowest BCUT2D eigenvalue weighted by Gasteiger charge is -2.22. The van der Waals surface area contributed by atoms with Gasteiger partial charge < -0.3 is 14.8 Å². The van der Waals surface area contributed by atoms with Gasteiger partial charge in [0.2, 0.25) is 6.79 Å². The van der Waals surface area contributed by atoms with Crippen molar-refractivity contribution < 1.29 is 23.9 Å². The molecule has 1 fully saturated rings. The first-order valence-corrected chi connectivity index (χ1v) is 9.01. The minimum atomic E-state index is -1.23. The highest BCUT2D eigenvalue weighted by molar-refractivity contribution is 9.10. The second-order valence-corrected chi connectivity index (χ2v) is 7.36. The maximum absolute atomic E-state index is 12.9. The lowest BCUT2D eigenvalue weighted by Crippen LogP contribution is -2.41. The number of carbonyl (C=O) groups is 3. The molecule has 8 heteroatoms. The van der Waals surface area contributed by atoms with Crippen molar-refractivity contribution in [3.8, 4) is 11.5 Å². The summed E-state index contributed by atoms with van der Waals surface area (Å²) < 4.78 is 11.3. The predicted molar refractivity (Wildman–Crippen MR) is 98.6 cm³/mol. The average molecular weight is 431 g/mol. The van der Waals surface area contributed by atoms with Crippen LogP contribution in [0.25, 0.3) is 0 Å². The second kappa shape index (κ2) is 6.38. The van der Waals surface area contributed by atoms with E-state index in [9.17, 15) is 14.4 Å². The number of benzene rings is 2. The molecule has 1 N–H and O–H groups in total. The van der Waals surface area contributed by atoms with E-state index in [1.165, 1.54) is 0 Å². The van der Waals surface area contributed by atoms with Crippen molar-refractivity contribution in [1.29, 1.82) is 0 Å². The number of imide groups is 1. The van der Waals surface area contributed by atoms with Crippen LogP contribution in [0.4, 0.5) is 4.79 Å². The number of nitrogens with one attached hydrogen (secondary N) is 1. The highest BCUT2D eigenvalue weighted by Gasteiger charge is 2.49. The Balaban J connectivity index is 1.57. The fourth-order valence-electron chi connectivity index (χ4n) is 3.14. The molecule has 4 rings (SSSR count). The lowest BCUT2D eigenvalue weighted by molar-refractivity contribution is -0.130. The normalized spacial score (nSPS) is 20.7. The summed E-state index contributed by atoms with van der Waals surface area (Å²) in [5, 5.41) is 2.69. The Morgan fingerprint density at radius 2 is 1.96 bits per heavy atom. The molecule has 0 saturated carbocycles. The number of ether oxygens (including phenoxy) is 2. The van der Waals surface area contributed by atoms with Gasteiger partial charge in [-0.1, -0.05) is 28.1 Å². The van der Waals surface area contributed by atoms with Crippen LogP contribution in [0, 0.1) is 0 Å². The van der Waals surface area contributed by atoms with Crippen LogP contribution in [0.3, 0.4) is 0 Å². The molecule has 2 aromatic rings. The zero-order valence-electron chi connectivity index (χ0n) is 14.3. The Morgan fingerprint density at radius 3 is 2.74 bits per heavy atom.